The van der Waals surface area contributed by atoms with Crippen LogP contribution < -0.4 is 5.32 Å². The van der Waals surface area contributed by atoms with Gasteiger partial charge in [0.25, 0.3) is 0 Å². The van der Waals surface area contributed by atoms with Crippen LogP contribution in [0.25, 0.3) is 5.69 Å². The molecule has 9 heteroatoms. The molecule has 0 saturated heterocycles. The normalized spacial score (nSPS) is 11.5. The Bertz CT molecular complexity index is 1230. The quantitative estimate of drug-likeness (QED) is 0.349. The predicted molar refractivity (Wildman–Crippen MR) is 130 cm³/mol. The van der Waals surface area contributed by atoms with Crippen LogP contribution in [-0.4, -0.2) is 31.6 Å². The largest absolute Gasteiger partial charge is 0.338 e. The first-order valence-electron chi connectivity index (χ1n) is 10.4. The van der Waals surface area contributed by atoms with Gasteiger partial charge in [0, 0.05) is 28.6 Å². The van der Waals surface area contributed by atoms with E-state index in [0.29, 0.717) is 22.5 Å². The number of thioether (sulfide) groups is 1. The number of carbonyl (C=O) groups is 1. The standard InChI is InChI=1S/C24H24ClN5O2S/c1-24(2,3)19-14-22(32-29-19)26-21(31)15-33-23-28-27-20(13-16-7-5-4-6-8-16)30(23)18-11-9-17(25)10-12-18/h4-12,14H,13,15H2,1-3H3,(H,26,31). The van der Waals surface area contributed by atoms with Gasteiger partial charge in [0.1, 0.15) is 5.82 Å². The number of halogens is 1. The van der Waals surface area contributed by atoms with Crippen molar-refractivity contribution in [1.82, 2.24) is 19.9 Å². The molecule has 0 aliphatic carbocycles. The molecule has 4 aromatic rings. The lowest BCUT2D eigenvalue weighted by atomic mass is 9.92. The van der Waals surface area contributed by atoms with Crippen LogP contribution in [0.4, 0.5) is 5.88 Å². The van der Waals surface area contributed by atoms with E-state index in [9.17, 15) is 4.79 Å². The summed E-state index contributed by atoms with van der Waals surface area (Å²) in [5, 5.41) is 16.8. The summed E-state index contributed by atoms with van der Waals surface area (Å²) >= 11 is 7.38. The minimum atomic E-state index is -0.216. The Morgan fingerprint density at radius 1 is 1.09 bits per heavy atom. The Labute approximate surface area is 201 Å². The molecular weight excluding hydrogens is 458 g/mol. The van der Waals surface area contributed by atoms with Gasteiger partial charge < -0.3 is 4.52 Å². The molecule has 0 bridgehead atoms. The Morgan fingerprint density at radius 3 is 2.48 bits per heavy atom. The Kier molecular flexibility index (Phi) is 6.85. The number of rotatable bonds is 7. The first-order valence-corrected chi connectivity index (χ1v) is 11.8. The first-order chi connectivity index (χ1) is 15.8. The van der Waals surface area contributed by atoms with Crippen molar-refractivity contribution in [1.29, 1.82) is 0 Å². The smallest absolute Gasteiger partial charge is 0.237 e. The summed E-state index contributed by atoms with van der Waals surface area (Å²) in [6.45, 7) is 6.09. The minimum absolute atomic E-state index is 0.141. The Balaban J connectivity index is 1.51. The van der Waals surface area contributed by atoms with Crippen LogP contribution in [0.1, 0.15) is 37.9 Å². The number of hydrogen-bond donors (Lipinski definition) is 1. The zero-order valence-electron chi connectivity index (χ0n) is 18.6. The van der Waals surface area contributed by atoms with E-state index in [4.69, 9.17) is 16.1 Å². The molecule has 2 heterocycles. The third kappa shape index (κ3) is 5.83. The van der Waals surface area contributed by atoms with E-state index < -0.39 is 0 Å². The highest BCUT2D eigenvalue weighted by Gasteiger charge is 2.20. The van der Waals surface area contributed by atoms with Gasteiger partial charge in [-0.2, -0.15) is 0 Å². The number of nitrogens with one attached hydrogen (secondary N) is 1. The summed E-state index contributed by atoms with van der Waals surface area (Å²) in [5.74, 6) is 1.03. The summed E-state index contributed by atoms with van der Waals surface area (Å²) < 4.78 is 7.20. The van der Waals surface area contributed by atoms with Crippen molar-refractivity contribution >= 4 is 35.2 Å². The number of benzene rings is 2. The molecular formula is C24H24ClN5O2S. The molecule has 0 radical (unpaired) electrons. The predicted octanol–water partition coefficient (Wildman–Crippen LogP) is 5.53. The third-order valence-corrected chi connectivity index (χ3v) is 6.04. The molecule has 7 nitrogen and oxygen atoms in total. The van der Waals surface area contributed by atoms with Crippen LogP contribution in [-0.2, 0) is 16.6 Å². The molecule has 1 N–H and O–H groups in total. The fourth-order valence-corrected chi connectivity index (χ4v) is 4.02. The molecule has 33 heavy (non-hydrogen) atoms. The number of anilines is 1. The number of aromatic nitrogens is 4. The molecule has 2 aromatic carbocycles. The van der Waals surface area contributed by atoms with Gasteiger partial charge in [-0.05, 0) is 29.8 Å². The highest BCUT2D eigenvalue weighted by molar-refractivity contribution is 7.99. The molecule has 4 rings (SSSR count). The molecule has 1 amide bonds. The van der Waals surface area contributed by atoms with Crippen molar-refractivity contribution in [2.75, 3.05) is 11.1 Å². The van der Waals surface area contributed by atoms with E-state index in [2.05, 4.69) is 20.7 Å². The maximum Gasteiger partial charge on any atom is 0.237 e. The third-order valence-electron chi connectivity index (χ3n) is 4.86. The Hall–Kier alpha value is -3.10. The summed E-state index contributed by atoms with van der Waals surface area (Å²) in [5.41, 5.74) is 2.61. The highest BCUT2D eigenvalue weighted by atomic mass is 35.5. The lowest BCUT2D eigenvalue weighted by Gasteiger charge is -2.12. The van der Waals surface area contributed by atoms with Crippen molar-refractivity contribution in [2.45, 2.75) is 37.8 Å². The van der Waals surface area contributed by atoms with Crippen molar-refractivity contribution < 1.29 is 9.32 Å². The summed E-state index contributed by atoms with van der Waals surface area (Å²) in [7, 11) is 0. The molecule has 170 valence electrons. The molecule has 0 unspecified atom stereocenters. The first kappa shape index (κ1) is 23.1. The van der Waals surface area contributed by atoms with E-state index in [-0.39, 0.29) is 17.1 Å². The van der Waals surface area contributed by atoms with Gasteiger partial charge in [-0.25, -0.2) is 0 Å². The fraction of sp³-hybridized carbons (Fsp3) is 0.250. The molecule has 0 spiro atoms. The van der Waals surface area contributed by atoms with Crippen LogP contribution >= 0.6 is 23.4 Å². The van der Waals surface area contributed by atoms with Gasteiger partial charge in [-0.1, -0.05) is 79.6 Å². The lowest BCUT2D eigenvalue weighted by molar-refractivity contribution is -0.113. The van der Waals surface area contributed by atoms with Crippen LogP contribution in [0.2, 0.25) is 5.02 Å². The number of carbonyl (C=O) groups excluding carboxylic acids is 1. The van der Waals surface area contributed by atoms with Gasteiger partial charge >= 0.3 is 0 Å². The lowest BCUT2D eigenvalue weighted by Crippen LogP contribution is -2.14. The van der Waals surface area contributed by atoms with E-state index in [1.807, 2.05) is 79.9 Å². The van der Waals surface area contributed by atoms with Gasteiger partial charge in [-0.15, -0.1) is 10.2 Å². The van der Waals surface area contributed by atoms with Gasteiger partial charge in [0.2, 0.25) is 11.8 Å². The molecule has 0 atom stereocenters. The van der Waals surface area contributed by atoms with E-state index in [1.54, 1.807) is 6.07 Å². The van der Waals surface area contributed by atoms with Crippen molar-refractivity contribution in [3.8, 4) is 5.69 Å². The van der Waals surface area contributed by atoms with Gasteiger partial charge in [-0.3, -0.25) is 14.7 Å². The van der Waals surface area contributed by atoms with Crippen molar-refractivity contribution in [3.63, 3.8) is 0 Å². The SMILES string of the molecule is CC(C)(C)c1cc(NC(=O)CSc2nnc(Cc3ccccc3)n2-c2ccc(Cl)cc2)on1. The number of hydrogen-bond acceptors (Lipinski definition) is 6. The summed E-state index contributed by atoms with van der Waals surface area (Å²) in [6.07, 6.45) is 0.608. The fourth-order valence-electron chi connectivity index (χ4n) is 3.13. The average Bonchev–Trinajstić information content (AvgIpc) is 3.41. The van der Waals surface area contributed by atoms with Gasteiger partial charge in [0.05, 0.1) is 11.4 Å². The monoisotopic (exact) mass is 481 g/mol. The topological polar surface area (TPSA) is 85.8 Å². The maximum atomic E-state index is 12.5. The molecule has 0 aliphatic heterocycles. The summed E-state index contributed by atoms with van der Waals surface area (Å²) in [6, 6.07) is 19.3. The van der Waals surface area contributed by atoms with Crippen LogP contribution in [0.5, 0.6) is 0 Å². The second-order valence-electron chi connectivity index (χ2n) is 8.54. The minimum Gasteiger partial charge on any atom is -0.338 e. The molecule has 0 fully saturated rings. The van der Waals surface area contributed by atoms with Crippen LogP contribution in [0, 0.1) is 0 Å². The van der Waals surface area contributed by atoms with E-state index in [1.165, 1.54) is 11.8 Å². The zero-order chi connectivity index (χ0) is 23.4. The van der Waals surface area contributed by atoms with E-state index >= 15 is 0 Å². The van der Waals surface area contributed by atoms with Crippen LogP contribution in [0.15, 0.2) is 70.3 Å². The maximum absolute atomic E-state index is 12.5. The second kappa shape index (κ2) is 9.80. The summed E-state index contributed by atoms with van der Waals surface area (Å²) in [4.78, 5) is 12.5. The second-order valence-corrected chi connectivity index (χ2v) is 9.92. The average molecular weight is 482 g/mol. The van der Waals surface area contributed by atoms with Gasteiger partial charge in [0.15, 0.2) is 5.16 Å². The van der Waals surface area contributed by atoms with Crippen molar-refractivity contribution in [3.05, 3.63) is 82.8 Å². The van der Waals surface area contributed by atoms with E-state index in [0.717, 1.165) is 22.8 Å². The number of nitrogens with zero attached hydrogens (tertiary/aromatic N) is 4. The van der Waals surface area contributed by atoms with Crippen LogP contribution in [0.3, 0.4) is 0 Å². The number of amides is 1. The molecule has 0 aliphatic rings. The molecule has 0 saturated carbocycles. The Morgan fingerprint density at radius 2 is 1.82 bits per heavy atom. The molecule has 2 aromatic heterocycles. The zero-order valence-corrected chi connectivity index (χ0v) is 20.2. The highest BCUT2D eigenvalue weighted by Crippen LogP contribution is 2.26. The van der Waals surface area contributed by atoms with Crippen molar-refractivity contribution in [2.24, 2.45) is 0 Å².